The molecule has 92 valence electrons. The standard InChI is InChI=1S/C12H20N5/c1-16-11(13)14-17(15-16)12-5-8-2-9(6-12)4-10(3-8)7-12/h8-10H,2-7H2,1H3,(H2,13,14,15)/q+1. The molecule has 0 unspecified atom stereocenters. The second-order valence-corrected chi connectivity index (χ2v) is 6.50. The Labute approximate surface area is 101 Å². The van der Waals surface area contributed by atoms with Crippen LogP contribution in [0.4, 0.5) is 5.95 Å². The number of hydrogen-bond acceptors (Lipinski definition) is 3. The van der Waals surface area contributed by atoms with Crippen LogP contribution in [0.15, 0.2) is 0 Å². The van der Waals surface area contributed by atoms with Crippen LogP contribution in [-0.2, 0) is 12.6 Å². The molecule has 1 heterocycles. The maximum Gasteiger partial charge on any atom is 0.395 e. The Kier molecular flexibility index (Phi) is 1.74. The van der Waals surface area contributed by atoms with Gasteiger partial charge in [-0.15, -0.1) is 4.68 Å². The van der Waals surface area contributed by atoms with Gasteiger partial charge in [0, 0.05) is 5.21 Å². The molecule has 0 saturated heterocycles. The third kappa shape index (κ3) is 1.28. The van der Waals surface area contributed by atoms with Gasteiger partial charge in [-0.3, -0.25) is 0 Å². The van der Waals surface area contributed by atoms with Gasteiger partial charge in [-0.05, 0) is 61.1 Å². The summed E-state index contributed by atoms with van der Waals surface area (Å²) in [6.07, 6.45) is 8.15. The smallest absolute Gasteiger partial charge is 0.304 e. The summed E-state index contributed by atoms with van der Waals surface area (Å²) < 4.78 is 1.69. The predicted molar refractivity (Wildman–Crippen MR) is 61.8 cm³/mol. The molecule has 5 rings (SSSR count). The molecule has 0 amide bonds. The lowest BCUT2D eigenvalue weighted by molar-refractivity contribution is -0.720. The van der Waals surface area contributed by atoms with Gasteiger partial charge in [0.05, 0.1) is 12.1 Å². The highest BCUT2D eigenvalue weighted by Gasteiger charge is 2.55. The summed E-state index contributed by atoms with van der Waals surface area (Å²) in [7, 11) is 1.87. The number of hydrogen-bond donors (Lipinski definition) is 1. The Bertz CT molecular complexity index is 409. The second-order valence-electron chi connectivity index (χ2n) is 6.50. The minimum atomic E-state index is 0.199. The van der Waals surface area contributed by atoms with Gasteiger partial charge in [0.2, 0.25) is 0 Å². The Balaban J connectivity index is 1.77. The molecule has 5 nitrogen and oxygen atoms in total. The number of nitrogens with two attached hydrogens (primary N) is 1. The van der Waals surface area contributed by atoms with E-state index in [1.807, 2.05) is 11.8 Å². The van der Waals surface area contributed by atoms with Crippen LogP contribution >= 0.6 is 0 Å². The van der Waals surface area contributed by atoms with Crippen molar-refractivity contribution in [1.82, 2.24) is 15.1 Å². The minimum absolute atomic E-state index is 0.199. The summed E-state index contributed by atoms with van der Waals surface area (Å²) in [5.74, 6) is 3.28. The lowest BCUT2D eigenvalue weighted by Gasteiger charge is -2.53. The average Bonchev–Trinajstić information content (AvgIpc) is 2.58. The first-order valence-corrected chi connectivity index (χ1v) is 6.74. The third-order valence-electron chi connectivity index (χ3n) is 5.18. The summed E-state index contributed by atoms with van der Waals surface area (Å²) in [6.45, 7) is 0. The van der Waals surface area contributed by atoms with Gasteiger partial charge in [0.25, 0.3) is 0 Å². The van der Waals surface area contributed by atoms with Crippen molar-refractivity contribution in [1.29, 1.82) is 0 Å². The van der Waals surface area contributed by atoms with Gasteiger partial charge in [0.15, 0.2) is 0 Å². The van der Waals surface area contributed by atoms with E-state index >= 15 is 0 Å². The molecular weight excluding hydrogens is 214 g/mol. The fourth-order valence-corrected chi connectivity index (χ4v) is 4.87. The third-order valence-corrected chi connectivity index (χ3v) is 5.18. The molecule has 4 fully saturated rings. The van der Waals surface area contributed by atoms with Crippen LogP contribution in [0, 0.1) is 17.8 Å². The molecule has 5 heteroatoms. The van der Waals surface area contributed by atoms with Crippen molar-refractivity contribution in [2.24, 2.45) is 24.8 Å². The van der Waals surface area contributed by atoms with E-state index in [2.05, 4.69) is 10.3 Å². The highest BCUT2D eigenvalue weighted by molar-refractivity contribution is 5.05. The molecule has 2 N–H and O–H groups in total. The van der Waals surface area contributed by atoms with E-state index in [0.717, 1.165) is 17.8 Å². The largest absolute Gasteiger partial charge is 0.395 e. The normalized spacial score (nSPS) is 43.2. The summed E-state index contributed by atoms with van der Waals surface area (Å²) in [5.41, 5.74) is 6.03. The van der Waals surface area contributed by atoms with Crippen LogP contribution in [-0.4, -0.2) is 15.1 Å². The van der Waals surface area contributed by atoms with Crippen molar-refractivity contribution < 1.29 is 4.68 Å². The van der Waals surface area contributed by atoms with Gasteiger partial charge in [-0.2, -0.15) is 0 Å². The molecular formula is C12H20N5+. The zero-order valence-electron chi connectivity index (χ0n) is 10.3. The topological polar surface area (TPSA) is 60.6 Å². The van der Waals surface area contributed by atoms with Crippen LogP contribution in [0.25, 0.3) is 0 Å². The van der Waals surface area contributed by atoms with E-state index in [1.165, 1.54) is 38.5 Å². The number of nitrogen functional groups attached to an aromatic ring is 1. The van der Waals surface area contributed by atoms with Crippen molar-refractivity contribution in [2.45, 2.75) is 44.1 Å². The molecule has 4 aliphatic carbocycles. The molecule has 0 radical (unpaired) electrons. The van der Waals surface area contributed by atoms with Gasteiger partial charge < -0.3 is 5.73 Å². The fraction of sp³-hybridized carbons (Fsp3) is 0.917. The Morgan fingerprint density at radius 3 is 2.12 bits per heavy atom. The van der Waals surface area contributed by atoms with Crippen molar-refractivity contribution >= 4 is 5.95 Å². The van der Waals surface area contributed by atoms with E-state index in [1.54, 1.807) is 4.68 Å². The van der Waals surface area contributed by atoms with Crippen molar-refractivity contribution in [3.63, 3.8) is 0 Å². The van der Waals surface area contributed by atoms with E-state index in [-0.39, 0.29) is 5.54 Å². The highest BCUT2D eigenvalue weighted by atomic mass is 15.7. The quantitative estimate of drug-likeness (QED) is 0.724. The SMILES string of the molecule is C[n+]1nn(C23CC4CC(CC(C4)C2)C3)nc1N. The van der Waals surface area contributed by atoms with E-state index in [9.17, 15) is 0 Å². The maximum atomic E-state index is 5.83. The average molecular weight is 234 g/mol. The maximum absolute atomic E-state index is 5.83. The first kappa shape index (κ1) is 9.85. The Hall–Kier alpha value is -1.13. The van der Waals surface area contributed by atoms with Crippen LogP contribution in [0.2, 0.25) is 0 Å². The van der Waals surface area contributed by atoms with Crippen molar-refractivity contribution in [3.05, 3.63) is 0 Å². The zero-order valence-corrected chi connectivity index (χ0v) is 10.3. The zero-order chi connectivity index (χ0) is 11.6. The molecule has 1 aromatic heterocycles. The van der Waals surface area contributed by atoms with Gasteiger partial charge >= 0.3 is 5.95 Å². The lowest BCUT2D eigenvalue weighted by Crippen LogP contribution is -2.53. The van der Waals surface area contributed by atoms with Crippen molar-refractivity contribution in [3.8, 4) is 0 Å². The molecule has 4 saturated carbocycles. The summed E-state index contributed by atoms with van der Waals surface area (Å²) >= 11 is 0. The lowest BCUT2D eigenvalue weighted by atomic mass is 9.53. The Morgan fingerprint density at radius 2 is 1.71 bits per heavy atom. The van der Waals surface area contributed by atoms with E-state index in [4.69, 9.17) is 5.73 Å². The van der Waals surface area contributed by atoms with E-state index < -0.39 is 0 Å². The molecule has 0 spiro atoms. The number of anilines is 1. The fourth-order valence-electron chi connectivity index (χ4n) is 4.87. The molecule has 0 atom stereocenters. The van der Waals surface area contributed by atoms with Crippen LogP contribution in [0.3, 0.4) is 0 Å². The number of aryl methyl sites for hydroxylation is 1. The first-order valence-electron chi connectivity index (χ1n) is 6.74. The van der Waals surface area contributed by atoms with Crippen molar-refractivity contribution in [2.75, 3.05) is 5.73 Å². The predicted octanol–water partition coefficient (Wildman–Crippen LogP) is 0.610. The summed E-state index contributed by atoms with van der Waals surface area (Å²) in [5, 5.41) is 8.94. The van der Waals surface area contributed by atoms with Crippen LogP contribution in [0.1, 0.15) is 38.5 Å². The molecule has 4 aliphatic rings. The van der Waals surface area contributed by atoms with Gasteiger partial charge in [-0.1, -0.05) is 0 Å². The highest BCUT2D eigenvalue weighted by Crippen LogP contribution is 2.58. The van der Waals surface area contributed by atoms with Gasteiger partial charge in [0.1, 0.15) is 5.54 Å². The van der Waals surface area contributed by atoms with Crippen LogP contribution in [0.5, 0.6) is 0 Å². The summed E-state index contributed by atoms with van der Waals surface area (Å²) in [6, 6.07) is 0. The molecule has 17 heavy (non-hydrogen) atoms. The molecule has 0 aliphatic heterocycles. The molecule has 0 aromatic carbocycles. The van der Waals surface area contributed by atoms with E-state index in [0.29, 0.717) is 5.95 Å². The molecule has 1 aromatic rings. The number of aromatic nitrogens is 4. The Morgan fingerprint density at radius 1 is 1.18 bits per heavy atom. The monoisotopic (exact) mass is 234 g/mol. The first-order chi connectivity index (χ1) is 8.14. The number of rotatable bonds is 1. The number of tetrazole rings is 1. The summed E-state index contributed by atoms with van der Waals surface area (Å²) in [4.78, 5) is 1.95. The minimum Gasteiger partial charge on any atom is -0.304 e. The molecule has 4 bridgehead atoms. The number of nitrogens with zero attached hydrogens (tertiary/aromatic N) is 4. The second kappa shape index (κ2) is 3.00. The van der Waals surface area contributed by atoms with Crippen LogP contribution < -0.4 is 10.4 Å². The van der Waals surface area contributed by atoms with Gasteiger partial charge in [-0.25, -0.2) is 0 Å².